The second kappa shape index (κ2) is 8.04. The lowest BCUT2D eigenvalue weighted by Crippen LogP contribution is -2.37. The maximum Gasteiger partial charge on any atom is 0.0897 e. The molecule has 17 heavy (non-hydrogen) atoms. The summed E-state index contributed by atoms with van der Waals surface area (Å²) in [5.41, 5.74) is 0. The van der Waals surface area contributed by atoms with Gasteiger partial charge in [0.1, 0.15) is 0 Å². The SMILES string of the molecule is CCCC1CC(CC(C)CCF)N(CNC)C1. The zero-order valence-electron chi connectivity index (χ0n) is 11.7. The minimum absolute atomic E-state index is 0.168. The predicted octanol–water partition coefficient (Wildman–Crippen LogP) is 3.04. The first-order valence-electron chi connectivity index (χ1n) is 7.15. The van der Waals surface area contributed by atoms with Crippen LogP contribution in [0, 0.1) is 11.8 Å². The fourth-order valence-electron chi connectivity index (χ4n) is 3.12. The van der Waals surface area contributed by atoms with E-state index in [1.807, 2.05) is 7.05 Å². The van der Waals surface area contributed by atoms with Crippen molar-refractivity contribution in [2.75, 3.05) is 26.9 Å². The molecule has 1 heterocycles. The molecule has 0 radical (unpaired) electrons. The first-order chi connectivity index (χ1) is 8.21. The number of nitrogens with one attached hydrogen (secondary N) is 1. The molecule has 1 fully saturated rings. The molecule has 3 heteroatoms. The van der Waals surface area contributed by atoms with E-state index in [1.54, 1.807) is 0 Å². The lowest BCUT2D eigenvalue weighted by atomic mass is 9.93. The van der Waals surface area contributed by atoms with Crippen LogP contribution in [0.2, 0.25) is 0 Å². The Labute approximate surface area is 106 Å². The summed E-state index contributed by atoms with van der Waals surface area (Å²) in [7, 11) is 2.01. The van der Waals surface area contributed by atoms with E-state index in [9.17, 15) is 4.39 Å². The lowest BCUT2D eigenvalue weighted by Gasteiger charge is -2.26. The lowest BCUT2D eigenvalue weighted by molar-refractivity contribution is 0.204. The van der Waals surface area contributed by atoms with E-state index in [0.717, 1.165) is 25.4 Å². The van der Waals surface area contributed by atoms with Gasteiger partial charge in [0.15, 0.2) is 0 Å². The van der Waals surface area contributed by atoms with Crippen LogP contribution < -0.4 is 5.32 Å². The number of rotatable bonds is 8. The van der Waals surface area contributed by atoms with Crippen molar-refractivity contribution >= 4 is 0 Å². The molecule has 1 aliphatic rings. The number of halogens is 1. The third-order valence-corrected chi connectivity index (χ3v) is 3.95. The van der Waals surface area contributed by atoms with Crippen LogP contribution in [0.1, 0.15) is 46.0 Å². The average molecular weight is 244 g/mol. The van der Waals surface area contributed by atoms with Crippen molar-refractivity contribution in [1.82, 2.24) is 10.2 Å². The number of alkyl halides is 1. The van der Waals surface area contributed by atoms with E-state index in [-0.39, 0.29) is 6.67 Å². The Balaban J connectivity index is 2.43. The van der Waals surface area contributed by atoms with Crippen LogP contribution in [0.25, 0.3) is 0 Å². The van der Waals surface area contributed by atoms with Crippen LogP contribution in [0.15, 0.2) is 0 Å². The number of likely N-dealkylation sites (tertiary alicyclic amines) is 1. The van der Waals surface area contributed by atoms with Crippen LogP contribution >= 0.6 is 0 Å². The van der Waals surface area contributed by atoms with Crippen molar-refractivity contribution in [1.29, 1.82) is 0 Å². The molecule has 2 nitrogen and oxygen atoms in total. The molecule has 3 atom stereocenters. The fourth-order valence-corrected chi connectivity index (χ4v) is 3.12. The van der Waals surface area contributed by atoms with E-state index >= 15 is 0 Å². The summed E-state index contributed by atoms with van der Waals surface area (Å²) in [4.78, 5) is 2.55. The van der Waals surface area contributed by atoms with Crippen LogP contribution in [-0.4, -0.2) is 37.9 Å². The van der Waals surface area contributed by atoms with E-state index in [1.165, 1.54) is 25.8 Å². The van der Waals surface area contributed by atoms with E-state index in [0.29, 0.717) is 12.0 Å². The Morgan fingerprint density at radius 2 is 2.24 bits per heavy atom. The summed E-state index contributed by atoms with van der Waals surface area (Å²) >= 11 is 0. The van der Waals surface area contributed by atoms with Gasteiger partial charge < -0.3 is 5.32 Å². The van der Waals surface area contributed by atoms with Crippen molar-refractivity contribution in [3.8, 4) is 0 Å². The highest BCUT2D eigenvalue weighted by atomic mass is 19.1. The summed E-state index contributed by atoms with van der Waals surface area (Å²) in [6.45, 7) is 6.49. The molecule has 0 saturated carbocycles. The molecule has 0 aromatic rings. The highest BCUT2D eigenvalue weighted by Crippen LogP contribution is 2.30. The van der Waals surface area contributed by atoms with Crippen molar-refractivity contribution in [3.05, 3.63) is 0 Å². The third kappa shape index (κ3) is 4.92. The van der Waals surface area contributed by atoms with Gasteiger partial charge in [0.05, 0.1) is 6.67 Å². The fraction of sp³-hybridized carbons (Fsp3) is 1.00. The van der Waals surface area contributed by atoms with Gasteiger partial charge in [-0.2, -0.15) is 0 Å². The molecule has 0 bridgehead atoms. The minimum Gasteiger partial charge on any atom is -0.307 e. The van der Waals surface area contributed by atoms with E-state index in [4.69, 9.17) is 0 Å². The van der Waals surface area contributed by atoms with Crippen molar-refractivity contribution in [2.45, 2.75) is 52.0 Å². The molecule has 102 valence electrons. The van der Waals surface area contributed by atoms with E-state index < -0.39 is 0 Å². The Hall–Kier alpha value is -0.150. The van der Waals surface area contributed by atoms with Gasteiger partial charge in [-0.15, -0.1) is 0 Å². The summed E-state index contributed by atoms with van der Waals surface area (Å²) < 4.78 is 12.3. The molecular formula is C14H29FN2. The maximum absolute atomic E-state index is 12.3. The maximum atomic E-state index is 12.3. The van der Waals surface area contributed by atoms with Crippen molar-refractivity contribution < 1.29 is 4.39 Å². The monoisotopic (exact) mass is 244 g/mol. The quantitative estimate of drug-likeness (QED) is 0.706. The normalized spacial score (nSPS) is 27.5. The second-order valence-corrected chi connectivity index (χ2v) is 5.65. The van der Waals surface area contributed by atoms with Crippen LogP contribution in [0.3, 0.4) is 0 Å². The van der Waals surface area contributed by atoms with Gasteiger partial charge in [0.2, 0.25) is 0 Å². The average Bonchev–Trinajstić information content (AvgIpc) is 2.62. The molecule has 0 spiro atoms. The van der Waals surface area contributed by atoms with Crippen molar-refractivity contribution in [3.63, 3.8) is 0 Å². The van der Waals surface area contributed by atoms with Crippen LogP contribution in [0.5, 0.6) is 0 Å². The van der Waals surface area contributed by atoms with Gasteiger partial charge in [-0.25, -0.2) is 0 Å². The van der Waals surface area contributed by atoms with Gasteiger partial charge in [-0.3, -0.25) is 9.29 Å². The Bertz CT molecular complexity index is 199. The topological polar surface area (TPSA) is 15.3 Å². The van der Waals surface area contributed by atoms with Crippen LogP contribution in [-0.2, 0) is 0 Å². The molecule has 0 amide bonds. The Morgan fingerprint density at radius 1 is 1.47 bits per heavy atom. The molecule has 1 saturated heterocycles. The first kappa shape index (κ1) is 14.9. The van der Waals surface area contributed by atoms with Gasteiger partial charge in [-0.05, 0) is 44.6 Å². The molecule has 1 rings (SSSR count). The summed E-state index contributed by atoms with van der Waals surface area (Å²) in [6, 6.07) is 0.667. The molecular weight excluding hydrogens is 215 g/mol. The number of hydrogen-bond donors (Lipinski definition) is 1. The zero-order valence-corrected chi connectivity index (χ0v) is 11.7. The van der Waals surface area contributed by atoms with Crippen LogP contribution in [0.4, 0.5) is 4.39 Å². The smallest absolute Gasteiger partial charge is 0.0897 e. The summed E-state index contributed by atoms with van der Waals surface area (Å²) in [5, 5.41) is 3.26. The zero-order chi connectivity index (χ0) is 12.7. The highest BCUT2D eigenvalue weighted by molar-refractivity contribution is 4.85. The van der Waals surface area contributed by atoms with Gasteiger partial charge in [-0.1, -0.05) is 20.3 Å². The molecule has 1 aliphatic heterocycles. The molecule has 3 unspecified atom stereocenters. The largest absolute Gasteiger partial charge is 0.307 e. The second-order valence-electron chi connectivity index (χ2n) is 5.65. The van der Waals surface area contributed by atoms with Gasteiger partial charge >= 0.3 is 0 Å². The molecule has 0 aliphatic carbocycles. The molecule has 0 aromatic carbocycles. The number of nitrogens with zero attached hydrogens (tertiary/aromatic N) is 1. The predicted molar refractivity (Wildman–Crippen MR) is 71.8 cm³/mol. The third-order valence-electron chi connectivity index (χ3n) is 3.95. The van der Waals surface area contributed by atoms with E-state index in [2.05, 4.69) is 24.1 Å². The molecule has 0 aromatic heterocycles. The first-order valence-corrected chi connectivity index (χ1v) is 7.15. The summed E-state index contributed by atoms with van der Waals surface area (Å²) in [5.74, 6) is 1.38. The van der Waals surface area contributed by atoms with Gasteiger partial charge in [0.25, 0.3) is 0 Å². The highest BCUT2D eigenvalue weighted by Gasteiger charge is 2.31. The summed E-state index contributed by atoms with van der Waals surface area (Å²) in [6.07, 6.45) is 5.82. The van der Waals surface area contributed by atoms with Crippen molar-refractivity contribution in [2.24, 2.45) is 11.8 Å². The van der Waals surface area contributed by atoms with Gasteiger partial charge in [0, 0.05) is 19.3 Å². The molecule has 1 N–H and O–H groups in total. The number of hydrogen-bond acceptors (Lipinski definition) is 2. The Morgan fingerprint density at radius 3 is 2.82 bits per heavy atom. The minimum atomic E-state index is -0.168. The Kier molecular flexibility index (Phi) is 7.05. The standard InChI is InChI=1S/C14H29FN2/c1-4-5-13-9-14(8-12(2)6-7-15)17(10-13)11-16-3/h12-14,16H,4-11H2,1-3H3.